The fraction of sp³-hybridized carbons (Fsp3) is 0.310. The number of H-pyrrole nitrogens is 1. The van der Waals surface area contributed by atoms with Crippen LogP contribution in [0.3, 0.4) is 0 Å². The summed E-state index contributed by atoms with van der Waals surface area (Å²) in [6, 6.07) is 16.4. The molecule has 3 aromatic carbocycles. The van der Waals surface area contributed by atoms with Gasteiger partial charge in [-0.2, -0.15) is 0 Å². The molecular weight excluding hydrogens is 449 g/mol. The lowest BCUT2D eigenvalue weighted by Gasteiger charge is -2.31. The highest BCUT2D eigenvalue weighted by Gasteiger charge is 2.41. The van der Waals surface area contributed by atoms with Crippen molar-refractivity contribution in [2.75, 3.05) is 20.1 Å². The molecule has 1 atom stereocenters. The Hall–Kier alpha value is -3.09. The first-order chi connectivity index (χ1) is 17.0. The molecule has 1 unspecified atom stereocenters. The van der Waals surface area contributed by atoms with Crippen molar-refractivity contribution in [3.63, 3.8) is 0 Å². The summed E-state index contributed by atoms with van der Waals surface area (Å²) in [7, 11) is 2.10. The van der Waals surface area contributed by atoms with Crippen molar-refractivity contribution in [2.45, 2.75) is 37.9 Å². The largest absolute Gasteiger partial charge is 0.361 e. The standard InChI is InChI=1S/C29H29F3N2O/c1-34(15-3-5-20-18-33-28-25(20)6-2-7-27(28)32)16-4-14-29(22-8-10-23(30)11-9-22)26-13-12-24(31)17-21(26)19-35-29/h2,6-13,17-18,33H,3-5,14-16,19H2,1H3. The highest BCUT2D eigenvalue weighted by Crippen LogP contribution is 2.45. The van der Waals surface area contributed by atoms with E-state index in [4.69, 9.17) is 4.74 Å². The normalized spacial score (nSPS) is 17.4. The number of fused-ring (bicyclic) bond motifs is 2. The maximum atomic E-state index is 13.9. The van der Waals surface area contributed by atoms with Gasteiger partial charge in [0.1, 0.15) is 23.1 Å². The molecule has 5 rings (SSSR count). The fourth-order valence-corrected chi connectivity index (χ4v) is 5.29. The summed E-state index contributed by atoms with van der Waals surface area (Å²) < 4.78 is 47.7. The molecule has 0 fully saturated rings. The van der Waals surface area contributed by atoms with Crippen LogP contribution in [0.15, 0.2) is 66.9 Å². The first-order valence-electron chi connectivity index (χ1n) is 12.1. The predicted octanol–water partition coefficient (Wildman–Crippen LogP) is 6.70. The zero-order valence-electron chi connectivity index (χ0n) is 19.8. The van der Waals surface area contributed by atoms with E-state index in [0.29, 0.717) is 18.5 Å². The Labute approximate surface area is 203 Å². The molecule has 3 nitrogen and oxygen atoms in total. The van der Waals surface area contributed by atoms with E-state index < -0.39 is 5.60 Å². The number of hydrogen-bond donors (Lipinski definition) is 1. The minimum atomic E-state index is -0.703. The number of hydrogen-bond acceptors (Lipinski definition) is 2. The number of aromatic amines is 1. The lowest BCUT2D eigenvalue weighted by molar-refractivity contribution is -0.0142. The van der Waals surface area contributed by atoms with Gasteiger partial charge in [0.2, 0.25) is 0 Å². The molecule has 1 N–H and O–H groups in total. The number of benzene rings is 3. The molecule has 2 heterocycles. The Morgan fingerprint density at radius 2 is 1.71 bits per heavy atom. The number of nitrogens with one attached hydrogen (secondary N) is 1. The van der Waals surface area contributed by atoms with Crippen LogP contribution in [0.2, 0.25) is 0 Å². The Morgan fingerprint density at radius 1 is 0.943 bits per heavy atom. The molecular formula is C29H29F3N2O. The molecule has 0 saturated heterocycles. The number of nitrogens with zero attached hydrogens (tertiary/aromatic N) is 1. The molecule has 0 bridgehead atoms. The van der Waals surface area contributed by atoms with Gasteiger partial charge in [-0.05, 0) is 98.4 Å². The van der Waals surface area contributed by atoms with Gasteiger partial charge in [-0.15, -0.1) is 0 Å². The predicted molar refractivity (Wildman–Crippen MR) is 132 cm³/mol. The van der Waals surface area contributed by atoms with Gasteiger partial charge in [0.15, 0.2) is 0 Å². The highest BCUT2D eigenvalue weighted by atomic mass is 19.1. The van der Waals surface area contributed by atoms with Crippen LogP contribution in [-0.4, -0.2) is 30.0 Å². The molecule has 35 heavy (non-hydrogen) atoms. The van der Waals surface area contributed by atoms with Crippen molar-refractivity contribution in [3.8, 4) is 0 Å². The van der Waals surface area contributed by atoms with E-state index in [1.54, 1.807) is 24.3 Å². The van der Waals surface area contributed by atoms with Crippen LogP contribution in [0.1, 0.15) is 41.5 Å². The Morgan fingerprint density at radius 3 is 2.54 bits per heavy atom. The first kappa shape index (κ1) is 23.6. The van der Waals surface area contributed by atoms with E-state index in [1.165, 1.54) is 30.3 Å². The zero-order valence-corrected chi connectivity index (χ0v) is 19.8. The van der Waals surface area contributed by atoms with Crippen LogP contribution in [0, 0.1) is 17.5 Å². The van der Waals surface area contributed by atoms with Crippen molar-refractivity contribution in [1.82, 2.24) is 9.88 Å². The van der Waals surface area contributed by atoms with Crippen molar-refractivity contribution in [2.24, 2.45) is 0 Å². The maximum Gasteiger partial charge on any atom is 0.147 e. The van der Waals surface area contributed by atoms with E-state index in [2.05, 4.69) is 16.9 Å². The van der Waals surface area contributed by atoms with Crippen LogP contribution < -0.4 is 0 Å². The summed E-state index contributed by atoms with van der Waals surface area (Å²) in [5, 5.41) is 0.947. The summed E-state index contributed by atoms with van der Waals surface area (Å²) in [4.78, 5) is 5.33. The Bertz CT molecular complexity index is 1320. The topological polar surface area (TPSA) is 28.3 Å². The van der Waals surface area contributed by atoms with Crippen molar-refractivity contribution in [1.29, 1.82) is 0 Å². The minimum absolute atomic E-state index is 0.223. The second-order valence-corrected chi connectivity index (χ2v) is 9.41. The number of rotatable bonds is 9. The molecule has 1 aromatic heterocycles. The van der Waals surface area contributed by atoms with E-state index in [1.807, 2.05) is 12.3 Å². The van der Waals surface area contributed by atoms with Gasteiger partial charge in [0.25, 0.3) is 0 Å². The molecule has 0 spiro atoms. The maximum absolute atomic E-state index is 13.9. The van der Waals surface area contributed by atoms with E-state index in [9.17, 15) is 13.2 Å². The van der Waals surface area contributed by atoms with Crippen LogP contribution >= 0.6 is 0 Å². The van der Waals surface area contributed by atoms with Gasteiger partial charge in [-0.1, -0.05) is 30.3 Å². The molecule has 182 valence electrons. The number of para-hydroxylation sites is 1. The van der Waals surface area contributed by atoms with E-state index in [0.717, 1.165) is 60.0 Å². The summed E-state index contributed by atoms with van der Waals surface area (Å²) in [5.41, 5.74) is 3.69. The van der Waals surface area contributed by atoms with Gasteiger partial charge >= 0.3 is 0 Å². The fourth-order valence-electron chi connectivity index (χ4n) is 5.29. The molecule has 4 aromatic rings. The molecule has 0 radical (unpaired) electrons. The summed E-state index contributed by atoms with van der Waals surface area (Å²) in [6.07, 6.45) is 5.31. The van der Waals surface area contributed by atoms with Gasteiger partial charge in [0, 0.05) is 11.6 Å². The quantitative estimate of drug-likeness (QED) is 0.290. The third-order valence-electron chi connectivity index (χ3n) is 7.09. The SMILES string of the molecule is CN(CCCc1c[nH]c2c(F)cccc12)CCCC1(c2ccc(F)cc2)OCc2cc(F)ccc21. The van der Waals surface area contributed by atoms with Crippen molar-refractivity contribution >= 4 is 10.9 Å². The third kappa shape index (κ3) is 4.73. The molecule has 0 saturated carbocycles. The van der Waals surface area contributed by atoms with Crippen LogP contribution in [0.5, 0.6) is 0 Å². The summed E-state index contributed by atoms with van der Waals surface area (Å²) >= 11 is 0. The van der Waals surface area contributed by atoms with Crippen LogP contribution in [0.25, 0.3) is 10.9 Å². The molecule has 1 aliphatic rings. The number of aromatic nitrogens is 1. The second-order valence-electron chi connectivity index (χ2n) is 9.41. The molecule has 1 aliphatic heterocycles. The number of halogens is 3. The number of aryl methyl sites for hydroxylation is 1. The average Bonchev–Trinajstić information content (AvgIpc) is 3.42. The molecule has 6 heteroatoms. The lowest BCUT2D eigenvalue weighted by atomic mass is 9.82. The average molecular weight is 479 g/mol. The van der Waals surface area contributed by atoms with E-state index in [-0.39, 0.29) is 17.5 Å². The van der Waals surface area contributed by atoms with E-state index >= 15 is 0 Å². The van der Waals surface area contributed by atoms with Gasteiger partial charge in [-0.3, -0.25) is 0 Å². The monoisotopic (exact) mass is 478 g/mol. The van der Waals surface area contributed by atoms with Crippen molar-refractivity contribution in [3.05, 3.63) is 107 Å². The Balaban J connectivity index is 1.21. The summed E-state index contributed by atoms with van der Waals surface area (Å²) in [6.45, 7) is 2.12. The van der Waals surface area contributed by atoms with Gasteiger partial charge < -0.3 is 14.6 Å². The van der Waals surface area contributed by atoms with Gasteiger partial charge in [0.05, 0.1) is 12.1 Å². The lowest BCUT2D eigenvalue weighted by Crippen LogP contribution is -2.29. The number of ether oxygens (including phenoxy) is 1. The first-order valence-corrected chi connectivity index (χ1v) is 12.1. The minimum Gasteiger partial charge on any atom is -0.361 e. The van der Waals surface area contributed by atoms with Gasteiger partial charge in [-0.25, -0.2) is 13.2 Å². The molecule has 0 aliphatic carbocycles. The smallest absolute Gasteiger partial charge is 0.147 e. The third-order valence-corrected chi connectivity index (χ3v) is 7.09. The second kappa shape index (κ2) is 9.88. The zero-order chi connectivity index (χ0) is 24.4. The highest BCUT2D eigenvalue weighted by molar-refractivity contribution is 5.83. The van der Waals surface area contributed by atoms with Crippen LogP contribution in [0.4, 0.5) is 13.2 Å². The van der Waals surface area contributed by atoms with Crippen LogP contribution in [-0.2, 0) is 23.4 Å². The molecule has 0 amide bonds. The van der Waals surface area contributed by atoms with Crippen molar-refractivity contribution < 1.29 is 17.9 Å². The Kier molecular flexibility index (Phi) is 6.67. The summed E-state index contributed by atoms with van der Waals surface area (Å²) in [5.74, 6) is -0.793.